The molecule has 4 rings (SSSR count). The van der Waals surface area contributed by atoms with Crippen molar-refractivity contribution in [3.63, 3.8) is 0 Å². The largest absolute Gasteiger partial charge is 0.492 e. The first-order valence-corrected chi connectivity index (χ1v) is 17.7. The van der Waals surface area contributed by atoms with Crippen LogP contribution in [0.15, 0.2) is 109 Å². The van der Waals surface area contributed by atoms with E-state index in [1.807, 2.05) is 48.5 Å². The summed E-state index contributed by atoms with van der Waals surface area (Å²) < 4.78 is 70.6. The van der Waals surface area contributed by atoms with Gasteiger partial charge in [-0.3, -0.25) is 0 Å². The van der Waals surface area contributed by atoms with Crippen LogP contribution in [-0.2, 0) is 20.2 Å². The molecular formula is C34H38O8S2. The molecule has 0 aromatic heterocycles. The van der Waals surface area contributed by atoms with E-state index >= 15 is 0 Å². The van der Waals surface area contributed by atoms with Crippen LogP contribution in [0, 0.1) is 0 Å². The Labute approximate surface area is 260 Å². The maximum absolute atomic E-state index is 12.3. The first-order valence-electron chi connectivity index (χ1n) is 14.6. The van der Waals surface area contributed by atoms with Gasteiger partial charge >= 0.3 is 20.2 Å². The van der Waals surface area contributed by atoms with Gasteiger partial charge in [0.05, 0.1) is 0 Å². The summed E-state index contributed by atoms with van der Waals surface area (Å²) in [6, 6.07) is 32.3. The van der Waals surface area contributed by atoms with Gasteiger partial charge in [-0.05, 0) is 84.3 Å². The first-order chi connectivity index (χ1) is 21.2. The summed E-state index contributed by atoms with van der Waals surface area (Å²) in [7, 11) is -7.54. The zero-order valence-electron chi connectivity index (χ0n) is 24.9. The van der Waals surface area contributed by atoms with Crippen molar-refractivity contribution < 1.29 is 34.7 Å². The zero-order valence-corrected chi connectivity index (χ0v) is 26.5. The minimum atomic E-state index is -3.77. The Morgan fingerprint density at radius 3 is 1.14 bits per heavy atom. The van der Waals surface area contributed by atoms with Crippen LogP contribution in [0.2, 0.25) is 0 Å². The molecule has 0 saturated heterocycles. The van der Waals surface area contributed by atoms with Gasteiger partial charge in [-0.15, -0.1) is 0 Å². The standard InChI is InChI=1S/C34H38O8S2/c1-3-33(27-15-19-29(20-16-27)39-23-25-43(35,36)41-31-11-7-5-8-12-31)34(4-2)28-17-21-30(22-18-28)40-24-26-44(37,38)42-32-13-9-6-10-14-32/h5-22,33-34H,3-4,23-26H2,1-2H3/t33-,34-/m1/s1. The van der Waals surface area contributed by atoms with Gasteiger partial charge in [-0.1, -0.05) is 74.5 Å². The third kappa shape index (κ3) is 10.0. The third-order valence-corrected chi connectivity index (χ3v) is 9.34. The fourth-order valence-electron chi connectivity index (χ4n) is 4.98. The van der Waals surface area contributed by atoms with E-state index in [4.69, 9.17) is 17.8 Å². The van der Waals surface area contributed by atoms with Crippen molar-refractivity contribution in [1.29, 1.82) is 0 Å². The molecule has 4 aromatic rings. The van der Waals surface area contributed by atoms with E-state index in [2.05, 4.69) is 13.8 Å². The molecule has 0 aliphatic rings. The highest BCUT2D eigenvalue weighted by Gasteiger charge is 2.22. The van der Waals surface area contributed by atoms with E-state index in [0.717, 1.165) is 24.0 Å². The van der Waals surface area contributed by atoms with Gasteiger partial charge < -0.3 is 17.8 Å². The SMILES string of the molecule is CC[C@H](c1ccc(OCCS(=O)(=O)Oc2ccccc2)cc1)[C@H](CC)c1ccc(OCCS(=O)(=O)Oc2ccccc2)cc1. The van der Waals surface area contributed by atoms with Gasteiger partial charge in [0.1, 0.15) is 47.7 Å². The molecule has 44 heavy (non-hydrogen) atoms. The second kappa shape index (κ2) is 15.6. The van der Waals surface area contributed by atoms with Crippen LogP contribution in [0.4, 0.5) is 0 Å². The molecule has 8 nitrogen and oxygen atoms in total. The quantitative estimate of drug-likeness (QED) is 0.115. The monoisotopic (exact) mass is 638 g/mol. The fourth-order valence-corrected chi connectivity index (χ4v) is 6.53. The van der Waals surface area contributed by atoms with Gasteiger partial charge in [0, 0.05) is 0 Å². The normalized spacial score (nSPS) is 13.0. The third-order valence-electron chi connectivity index (χ3n) is 7.12. The van der Waals surface area contributed by atoms with E-state index in [9.17, 15) is 16.8 Å². The van der Waals surface area contributed by atoms with Gasteiger partial charge in [-0.25, -0.2) is 0 Å². The van der Waals surface area contributed by atoms with E-state index in [0.29, 0.717) is 11.5 Å². The summed E-state index contributed by atoms with van der Waals surface area (Å²) in [4.78, 5) is 0. The fraction of sp³-hybridized carbons (Fsp3) is 0.294. The highest BCUT2D eigenvalue weighted by atomic mass is 32.2. The lowest BCUT2D eigenvalue weighted by atomic mass is 9.78. The van der Waals surface area contributed by atoms with Crippen molar-refractivity contribution in [2.75, 3.05) is 24.7 Å². The van der Waals surface area contributed by atoms with Crippen LogP contribution in [0.3, 0.4) is 0 Å². The van der Waals surface area contributed by atoms with E-state index < -0.39 is 20.2 Å². The summed E-state index contributed by atoms with van der Waals surface area (Å²) in [5.41, 5.74) is 2.33. The second-order valence-corrected chi connectivity index (χ2v) is 13.6. The molecule has 0 bridgehead atoms. The predicted octanol–water partition coefficient (Wildman–Crippen LogP) is 6.95. The summed E-state index contributed by atoms with van der Waals surface area (Å²) in [5.74, 6) is 1.69. The van der Waals surface area contributed by atoms with Crippen molar-refractivity contribution in [1.82, 2.24) is 0 Å². The minimum Gasteiger partial charge on any atom is -0.492 e. The molecule has 10 heteroatoms. The Morgan fingerprint density at radius 1 is 0.477 bits per heavy atom. The molecular weight excluding hydrogens is 601 g/mol. The number of hydrogen-bond acceptors (Lipinski definition) is 8. The smallest absolute Gasteiger partial charge is 0.312 e. The van der Waals surface area contributed by atoms with Gasteiger partial charge in [0.25, 0.3) is 0 Å². The molecule has 0 N–H and O–H groups in total. The number of hydrogen-bond donors (Lipinski definition) is 0. The van der Waals surface area contributed by atoms with Crippen LogP contribution in [0.25, 0.3) is 0 Å². The number of para-hydroxylation sites is 2. The summed E-state index contributed by atoms with van der Waals surface area (Å²) in [5, 5.41) is 0. The van der Waals surface area contributed by atoms with E-state index in [1.165, 1.54) is 0 Å². The maximum Gasteiger partial charge on any atom is 0.312 e. The lowest BCUT2D eigenvalue weighted by Crippen LogP contribution is -2.19. The molecule has 0 radical (unpaired) electrons. The highest BCUT2D eigenvalue weighted by Crippen LogP contribution is 2.39. The van der Waals surface area contributed by atoms with Gasteiger partial charge in [0.2, 0.25) is 0 Å². The highest BCUT2D eigenvalue weighted by molar-refractivity contribution is 7.87. The van der Waals surface area contributed by atoms with Crippen molar-refractivity contribution >= 4 is 20.2 Å². The number of ether oxygens (including phenoxy) is 2. The second-order valence-electron chi connectivity index (χ2n) is 10.2. The van der Waals surface area contributed by atoms with Crippen molar-refractivity contribution in [2.45, 2.75) is 38.5 Å². The zero-order chi connectivity index (χ0) is 31.4. The molecule has 0 fully saturated rings. The Morgan fingerprint density at radius 2 is 0.818 bits per heavy atom. The Kier molecular flexibility index (Phi) is 11.7. The molecule has 2 atom stereocenters. The molecule has 0 heterocycles. The lowest BCUT2D eigenvalue weighted by molar-refractivity contribution is 0.335. The summed E-state index contributed by atoms with van der Waals surface area (Å²) >= 11 is 0. The van der Waals surface area contributed by atoms with Gasteiger partial charge in [-0.2, -0.15) is 16.8 Å². The van der Waals surface area contributed by atoms with Crippen molar-refractivity contribution in [2.24, 2.45) is 0 Å². The Bertz CT molecular complexity index is 1510. The van der Waals surface area contributed by atoms with Crippen molar-refractivity contribution in [3.05, 3.63) is 120 Å². The lowest BCUT2D eigenvalue weighted by Gasteiger charge is -2.26. The topological polar surface area (TPSA) is 105 Å². The summed E-state index contributed by atoms with van der Waals surface area (Å²) in [6.07, 6.45) is 1.84. The molecule has 0 saturated carbocycles. The van der Waals surface area contributed by atoms with E-state index in [1.54, 1.807) is 60.7 Å². The van der Waals surface area contributed by atoms with Crippen molar-refractivity contribution in [3.8, 4) is 23.0 Å². The minimum absolute atomic E-state index is 0.0241. The molecule has 0 aliphatic carbocycles. The molecule has 0 aliphatic heterocycles. The van der Waals surface area contributed by atoms with E-state index in [-0.39, 0.29) is 48.1 Å². The van der Waals surface area contributed by atoms with Crippen LogP contribution in [-0.4, -0.2) is 41.6 Å². The maximum atomic E-state index is 12.3. The average Bonchev–Trinajstić information content (AvgIpc) is 3.01. The molecule has 4 aromatic carbocycles. The Hall–Kier alpha value is -4.02. The van der Waals surface area contributed by atoms with Crippen LogP contribution < -0.4 is 17.8 Å². The average molecular weight is 639 g/mol. The Balaban J connectivity index is 1.29. The molecule has 0 spiro atoms. The van der Waals surface area contributed by atoms with Crippen LogP contribution >= 0.6 is 0 Å². The molecule has 234 valence electrons. The molecule has 0 unspecified atom stereocenters. The molecule has 0 amide bonds. The summed E-state index contributed by atoms with van der Waals surface area (Å²) in [6.45, 7) is 4.27. The first kappa shape index (κ1) is 32.9. The number of benzene rings is 4. The number of rotatable bonds is 17. The van der Waals surface area contributed by atoms with Crippen LogP contribution in [0.1, 0.15) is 49.7 Å². The predicted molar refractivity (Wildman–Crippen MR) is 172 cm³/mol. The van der Waals surface area contributed by atoms with Crippen LogP contribution in [0.5, 0.6) is 23.0 Å². The van der Waals surface area contributed by atoms with Gasteiger partial charge in [0.15, 0.2) is 0 Å².